The number of aryl methyl sites for hydroxylation is 1. The summed E-state index contributed by atoms with van der Waals surface area (Å²) in [7, 11) is 4.05. The van der Waals surface area contributed by atoms with E-state index in [2.05, 4.69) is 25.8 Å². The number of nitrogens with zero attached hydrogens (tertiary/aromatic N) is 2. The molecule has 1 aromatic heterocycles. The first-order chi connectivity index (χ1) is 10.9. The molecule has 0 fully saturated rings. The number of carboxylic acid groups (broad SMARTS) is 1. The van der Waals surface area contributed by atoms with Crippen LogP contribution in [-0.4, -0.2) is 48.2 Å². The van der Waals surface area contributed by atoms with E-state index < -0.39 is 5.97 Å². The van der Waals surface area contributed by atoms with E-state index in [-0.39, 0.29) is 4.88 Å². The van der Waals surface area contributed by atoms with Crippen LogP contribution in [0.2, 0.25) is 0 Å². The van der Waals surface area contributed by atoms with Gasteiger partial charge in [0.25, 0.3) is 0 Å². The van der Waals surface area contributed by atoms with Crippen molar-refractivity contribution in [2.45, 2.75) is 13.3 Å². The van der Waals surface area contributed by atoms with Gasteiger partial charge in [0.1, 0.15) is 15.6 Å². The first-order valence-corrected chi connectivity index (χ1v) is 8.77. The zero-order valence-electron chi connectivity index (χ0n) is 13.3. The third-order valence-electron chi connectivity index (χ3n) is 3.17. The molecule has 0 saturated heterocycles. The molecule has 0 unspecified atom stereocenters. The van der Waals surface area contributed by atoms with Crippen molar-refractivity contribution in [2.24, 2.45) is 0 Å². The van der Waals surface area contributed by atoms with Crippen LogP contribution in [0.25, 0.3) is 10.6 Å². The van der Waals surface area contributed by atoms with Crippen LogP contribution in [0.3, 0.4) is 0 Å². The smallest absolute Gasteiger partial charge is 0.347 e. The maximum atomic E-state index is 11.2. The van der Waals surface area contributed by atoms with Crippen LogP contribution in [0.15, 0.2) is 22.7 Å². The summed E-state index contributed by atoms with van der Waals surface area (Å²) in [6.07, 6.45) is 0.916. The summed E-state index contributed by atoms with van der Waals surface area (Å²) in [5.41, 5.74) is 1.33. The molecule has 0 spiro atoms. The number of aromatic nitrogens is 1. The van der Waals surface area contributed by atoms with Crippen molar-refractivity contribution >= 4 is 33.2 Å². The molecule has 0 saturated carbocycles. The summed E-state index contributed by atoms with van der Waals surface area (Å²) in [6, 6.07) is 5.70. The monoisotopic (exact) mass is 398 g/mol. The number of benzene rings is 1. The second-order valence-corrected chi connectivity index (χ2v) is 7.30. The zero-order valence-corrected chi connectivity index (χ0v) is 15.7. The Morgan fingerprint density at radius 3 is 2.78 bits per heavy atom. The van der Waals surface area contributed by atoms with Gasteiger partial charge in [-0.15, -0.1) is 11.3 Å². The lowest BCUT2D eigenvalue weighted by Gasteiger charge is -2.12. The molecule has 0 bridgehead atoms. The molecule has 0 radical (unpaired) electrons. The molecular formula is C16H19BrN2O3S. The predicted molar refractivity (Wildman–Crippen MR) is 95.6 cm³/mol. The molecular weight excluding hydrogens is 380 g/mol. The molecule has 23 heavy (non-hydrogen) atoms. The van der Waals surface area contributed by atoms with Gasteiger partial charge < -0.3 is 14.7 Å². The van der Waals surface area contributed by atoms with E-state index >= 15 is 0 Å². The fourth-order valence-electron chi connectivity index (χ4n) is 2.07. The third kappa shape index (κ3) is 4.76. The number of aromatic carboxylic acids is 1. The Kier molecular flexibility index (Phi) is 6.15. The van der Waals surface area contributed by atoms with Gasteiger partial charge in [0.05, 0.1) is 17.9 Å². The highest BCUT2D eigenvalue weighted by atomic mass is 79.9. The average molecular weight is 399 g/mol. The second-order valence-electron chi connectivity index (χ2n) is 5.38. The van der Waals surface area contributed by atoms with Crippen molar-refractivity contribution in [1.82, 2.24) is 9.88 Å². The number of carboxylic acids is 1. The summed E-state index contributed by atoms with van der Waals surface area (Å²) in [4.78, 5) is 18.0. The van der Waals surface area contributed by atoms with Gasteiger partial charge in [-0.1, -0.05) is 15.9 Å². The van der Waals surface area contributed by atoms with E-state index in [1.165, 1.54) is 11.3 Å². The number of hydrogen-bond acceptors (Lipinski definition) is 5. The fourth-order valence-corrected chi connectivity index (χ4v) is 3.36. The lowest BCUT2D eigenvalue weighted by atomic mass is 10.2. The Hall–Kier alpha value is -1.44. The first-order valence-electron chi connectivity index (χ1n) is 7.16. The SMILES string of the molecule is Cc1nc(-c2cc(Br)ccc2OCCCN(C)C)sc1C(=O)O. The van der Waals surface area contributed by atoms with Crippen molar-refractivity contribution in [3.05, 3.63) is 33.2 Å². The van der Waals surface area contributed by atoms with Gasteiger partial charge in [0.2, 0.25) is 0 Å². The van der Waals surface area contributed by atoms with Crippen LogP contribution in [0.4, 0.5) is 0 Å². The first kappa shape index (κ1) is 17.9. The predicted octanol–water partition coefficient (Wildman–Crippen LogP) is 3.91. The number of ether oxygens (including phenoxy) is 1. The third-order valence-corrected chi connectivity index (χ3v) is 4.84. The second kappa shape index (κ2) is 7.90. The molecule has 1 aromatic carbocycles. The minimum Gasteiger partial charge on any atom is -0.493 e. The van der Waals surface area contributed by atoms with E-state index in [1.54, 1.807) is 6.92 Å². The normalized spacial score (nSPS) is 11.0. The molecule has 2 aromatic rings. The summed E-state index contributed by atoms with van der Waals surface area (Å²) in [5, 5.41) is 9.86. The van der Waals surface area contributed by atoms with Crippen LogP contribution in [-0.2, 0) is 0 Å². The van der Waals surface area contributed by atoms with E-state index in [0.717, 1.165) is 28.8 Å². The molecule has 0 aliphatic carbocycles. The summed E-state index contributed by atoms with van der Waals surface area (Å²) in [5.74, 6) is -0.229. The minimum atomic E-state index is -0.949. The molecule has 1 N–H and O–H groups in total. The Bertz CT molecular complexity index is 701. The molecule has 124 valence electrons. The largest absolute Gasteiger partial charge is 0.493 e. The highest BCUT2D eigenvalue weighted by molar-refractivity contribution is 9.10. The van der Waals surface area contributed by atoms with Crippen LogP contribution >= 0.6 is 27.3 Å². The standard InChI is InChI=1S/C16H19BrN2O3S/c1-10-14(16(20)21)23-15(18-10)12-9-11(17)5-6-13(12)22-8-4-7-19(2)3/h5-6,9H,4,7-8H2,1-3H3,(H,20,21). The summed E-state index contributed by atoms with van der Waals surface area (Å²) in [6.45, 7) is 3.26. The van der Waals surface area contributed by atoms with Gasteiger partial charge in [-0.05, 0) is 45.6 Å². The van der Waals surface area contributed by atoms with E-state index in [4.69, 9.17) is 4.74 Å². The number of thiazole rings is 1. The van der Waals surface area contributed by atoms with Crippen molar-refractivity contribution in [1.29, 1.82) is 0 Å². The van der Waals surface area contributed by atoms with E-state index in [9.17, 15) is 9.90 Å². The Labute approximate surface area is 148 Å². The van der Waals surface area contributed by atoms with Crippen molar-refractivity contribution < 1.29 is 14.6 Å². The lowest BCUT2D eigenvalue weighted by molar-refractivity contribution is 0.0701. The van der Waals surface area contributed by atoms with Gasteiger partial charge in [-0.3, -0.25) is 0 Å². The summed E-state index contributed by atoms with van der Waals surface area (Å²) < 4.78 is 6.78. The van der Waals surface area contributed by atoms with Gasteiger partial charge in [-0.2, -0.15) is 0 Å². The van der Waals surface area contributed by atoms with Crippen molar-refractivity contribution in [3.8, 4) is 16.3 Å². The zero-order chi connectivity index (χ0) is 17.0. The number of rotatable bonds is 7. The lowest BCUT2D eigenvalue weighted by Crippen LogP contribution is -2.15. The number of halogens is 1. The molecule has 0 aliphatic rings. The van der Waals surface area contributed by atoms with Gasteiger partial charge in [-0.25, -0.2) is 9.78 Å². The van der Waals surface area contributed by atoms with Crippen LogP contribution in [0.1, 0.15) is 21.8 Å². The van der Waals surface area contributed by atoms with Gasteiger partial charge >= 0.3 is 5.97 Å². The van der Waals surface area contributed by atoms with Gasteiger partial charge in [0, 0.05) is 11.0 Å². The van der Waals surface area contributed by atoms with Crippen LogP contribution in [0.5, 0.6) is 5.75 Å². The van der Waals surface area contributed by atoms with E-state index in [0.29, 0.717) is 17.3 Å². The number of hydrogen-bond donors (Lipinski definition) is 1. The molecule has 0 amide bonds. The Balaban J connectivity index is 2.25. The molecule has 7 heteroatoms. The topological polar surface area (TPSA) is 62.7 Å². The van der Waals surface area contributed by atoms with Crippen molar-refractivity contribution in [2.75, 3.05) is 27.2 Å². The van der Waals surface area contributed by atoms with Crippen molar-refractivity contribution in [3.63, 3.8) is 0 Å². The molecule has 1 heterocycles. The van der Waals surface area contributed by atoms with E-state index in [1.807, 2.05) is 32.3 Å². The molecule has 2 rings (SSSR count). The highest BCUT2D eigenvalue weighted by Crippen LogP contribution is 2.36. The van der Waals surface area contributed by atoms with Gasteiger partial charge in [0.15, 0.2) is 0 Å². The maximum absolute atomic E-state index is 11.2. The molecule has 5 nitrogen and oxygen atoms in total. The molecule has 0 aliphatic heterocycles. The Morgan fingerprint density at radius 2 is 2.17 bits per heavy atom. The average Bonchev–Trinajstić information content (AvgIpc) is 2.86. The fraction of sp³-hybridized carbons (Fsp3) is 0.375. The molecule has 0 atom stereocenters. The number of carbonyl (C=O) groups is 1. The summed E-state index contributed by atoms with van der Waals surface area (Å²) >= 11 is 4.62. The minimum absolute atomic E-state index is 0.263. The van der Waals surface area contributed by atoms with Crippen LogP contribution < -0.4 is 4.74 Å². The maximum Gasteiger partial charge on any atom is 0.347 e. The quantitative estimate of drug-likeness (QED) is 0.716. The highest BCUT2D eigenvalue weighted by Gasteiger charge is 2.18. The Morgan fingerprint density at radius 1 is 1.43 bits per heavy atom. The van der Waals surface area contributed by atoms with Crippen LogP contribution in [0, 0.1) is 6.92 Å².